The fourth-order valence-electron chi connectivity index (χ4n) is 2.24. The number of ether oxygens (including phenoxy) is 3. The molecule has 0 atom stereocenters. The third-order valence-corrected chi connectivity index (χ3v) is 3.60. The van der Waals surface area contributed by atoms with Crippen LogP contribution in [0.4, 0.5) is 14.5 Å². The zero-order valence-corrected chi connectivity index (χ0v) is 14.5. The first kappa shape index (κ1) is 19.5. The quantitative estimate of drug-likeness (QED) is 0.723. The number of methoxy groups -OCH3 is 2. The van der Waals surface area contributed by atoms with Crippen molar-refractivity contribution in [3.63, 3.8) is 0 Å². The molecule has 1 aromatic rings. The lowest BCUT2D eigenvalue weighted by Gasteiger charge is -2.25. The molecule has 138 valence electrons. The lowest BCUT2D eigenvalue weighted by atomic mass is 10.1. The Morgan fingerprint density at radius 2 is 1.81 bits per heavy atom. The van der Waals surface area contributed by atoms with Gasteiger partial charge in [0.15, 0.2) is 5.75 Å². The van der Waals surface area contributed by atoms with Crippen LogP contribution in [0.5, 0.6) is 5.75 Å². The zero-order chi connectivity index (χ0) is 19.3. The van der Waals surface area contributed by atoms with Gasteiger partial charge in [0.25, 0.3) is 0 Å². The van der Waals surface area contributed by atoms with Gasteiger partial charge in [0.05, 0.1) is 30.5 Å². The summed E-state index contributed by atoms with van der Waals surface area (Å²) in [6, 6.07) is 4.23. The molecule has 0 aromatic heterocycles. The number of halogens is 3. The van der Waals surface area contributed by atoms with Crippen LogP contribution in [-0.4, -0.2) is 32.8 Å². The molecule has 2 rings (SSSR count). The molecule has 1 heterocycles. The smallest absolute Gasteiger partial charge is 0.387 e. The van der Waals surface area contributed by atoms with Crippen LogP contribution in [0, 0.1) is 0 Å². The number of para-hydroxylation sites is 1. The van der Waals surface area contributed by atoms with E-state index in [0.717, 1.165) is 14.2 Å². The Labute approximate surface area is 152 Å². The molecule has 0 aliphatic carbocycles. The highest BCUT2D eigenvalue weighted by Crippen LogP contribution is 2.39. The molecule has 9 heteroatoms. The minimum Gasteiger partial charge on any atom is -0.465 e. The third kappa shape index (κ3) is 4.02. The second-order valence-electron chi connectivity index (χ2n) is 4.78. The summed E-state index contributed by atoms with van der Waals surface area (Å²) in [6.45, 7) is -3.15. The van der Waals surface area contributed by atoms with Crippen molar-refractivity contribution in [3.8, 4) is 5.75 Å². The van der Waals surface area contributed by atoms with Gasteiger partial charge in [-0.25, -0.2) is 9.59 Å². The van der Waals surface area contributed by atoms with Crippen molar-refractivity contribution in [3.05, 3.63) is 58.9 Å². The van der Waals surface area contributed by atoms with Crippen LogP contribution in [0.2, 0.25) is 5.02 Å². The maximum absolute atomic E-state index is 12.8. The molecular weight excluding hydrogens is 372 g/mol. The van der Waals surface area contributed by atoms with E-state index in [4.69, 9.17) is 16.3 Å². The van der Waals surface area contributed by atoms with Gasteiger partial charge in [-0.15, -0.1) is 0 Å². The van der Waals surface area contributed by atoms with Gasteiger partial charge in [-0.1, -0.05) is 23.7 Å². The van der Waals surface area contributed by atoms with E-state index in [0.29, 0.717) is 0 Å². The molecule has 0 amide bonds. The number of alkyl halides is 2. The van der Waals surface area contributed by atoms with E-state index < -0.39 is 18.6 Å². The summed E-state index contributed by atoms with van der Waals surface area (Å²) in [7, 11) is 2.26. The minimum absolute atomic E-state index is 0.0135. The van der Waals surface area contributed by atoms with E-state index in [1.165, 1.54) is 47.5 Å². The number of hydrogen-bond donors (Lipinski definition) is 0. The summed E-state index contributed by atoms with van der Waals surface area (Å²) < 4.78 is 39.5. The van der Waals surface area contributed by atoms with Crippen molar-refractivity contribution in [2.75, 3.05) is 19.1 Å². The zero-order valence-electron chi connectivity index (χ0n) is 13.7. The number of carbonyl (C=O) groups excluding carboxylic acids is 2. The molecule has 1 aromatic carbocycles. The maximum atomic E-state index is 12.8. The molecule has 0 radical (unpaired) electrons. The largest absolute Gasteiger partial charge is 0.465 e. The predicted molar refractivity (Wildman–Crippen MR) is 89.9 cm³/mol. The van der Waals surface area contributed by atoms with Crippen LogP contribution in [0.1, 0.15) is 0 Å². The van der Waals surface area contributed by atoms with Gasteiger partial charge in [-0.05, 0) is 24.3 Å². The molecule has 0 saturated heterocycles. The van der Waals surface area contributed by atoms with Crippen molar-refractivity contribution in [1.82, 2.24) is 0 Å². The molecule has 0 N–H and O–H groups in total. The molecule has 1 aliphatic heterocycles. The number of allylic oxidation sites excluding steroid dienone is 2. The Bertz CT molecular complexity index is 804. The molecule has 6 nitrogen and oxygen atoms in total. The van der Waals surface area contributed by atoms with Gasteiger partial charge < -0.3 is 19.1 Å². The highest BCUT2D eigenvalue weighted by molar-refractivity contribution is 6.32. The van der Waals surface area contributed by atoms with Gasteiger partial charge in [-0.2, -0.15) is 8.78 Å². The van der Waals surface area contributed by atoms with Crippen molar-refractivity contribution >= 4 is 29.2 Å². The third-order valence-electron chi connectivity index (χ3n) is 3.30. The number of esters is 2. The highest BCUT2D eigenvalue weighted by atomic mass is 35.5. The van der Waals surface area contributed by atoms with Crippen LogP contribution in [-0.2, 0) is 19.1 Å². The SMILES string of the molecule is COC(=O)C1=C(C(=O)OC)N(c2cccc(Cl)c2OC(F)F)C=CC=C1. The van der Waals surface area contributed by atoms with E-state index in [1.807, 2.05) is 0 Å². The number of carbonyl (C=O) groups is 2. The Hall–Kier alpha value is -2.87. The average molecular weight is 386 g/mol. The Kier molecular flexibility index (Phi) is 6.35. The van der Waals surface area contributed by atoms with Crippen LogP contribution in [0.3, 0.4) is 0 Å². The summed E-state index contributed by atoms with van der Waals surface area (Å²) in [5, 5.41) is -0.0998. The first-order valence-corrected chi connectivity index (χ1v) is 7.56. The van der Waals surface area contributed by atoms with Crippen molar-refractivity contribution in [2.24, 2.45) is 0 Å². The van der Waals surface area contributed by atoms with E-state index in [-0.39, 0.29) is 27.7 Å². The summed E-state index contributed by atoms with van der Waals surface area (Å²) in [5.74, 6) is -2.06. The second-order valence-corrected chi connectivity index (χ2v) is 5.19. The van der Waals surface area contributed by atoms with Crippen LogP contribution in [0.25, 0.3) is 0 Å². The normalized spacial score (nSPS) is 13.7. The number of rotatable bonds is 5. The number of benzene rings is 1. The fourth-order valence-corrected chi connectivity index (χ4v) is 2.46. The number of nitrogens with zero attached hydrogens (tertiary/aromatic N) is 1. The van der Waals surface area contributed by atoms with Gasteiger partial charge in [0, 0.05) is 6.20 Å². The number of anilines is 1. The molecule has 0 fully saturated rings. The molecule has 1 aliphatic rings. The molecule has 26 heavy (non-hydrogen) atoms. The maximum Gasteiger partial charge on any atom is 0.387 e. The summed E-state index contributed by atoms with van der Waals surface area (Å²) in [4.78, 5) is 25.6. The summed E-state index contributed by atoms with van der Waals surface area (Å²) in [6.07, 6.45) is 5.69. The van der Waals surface area contributed by atoms with Gasteiger partial charge >= 0.3 is 18.6 Å². The van der Waals surface area contributed by atoms with E-state index in [1.54, 1.807) is 0 Å². The van der Waals surface area contributed by atoms with Gasteiger partial charge in [-0.3, -0.25) is 0 Å². The van der Waals surface area contributed by atoms with Crippen molar-refractivity contribution in [1.29, 1.82) is 0 Å². The average Bonchev–Trinajstić information content (AvgIpc) is 2.84. The van der Waals surface area contributed by atoms with E-state index >= 15 is 0 Å². The first-order chi connectivity index (χ1) is 12.4. The predicted octanol–water partition coefficient (Wildman–Crippen LogP) is 3.43. The lowest BCUT2D eigenvalue weighted by Crippen LogP contribution is -2.27. The number of hydrogen-bond acceptors (Lipinski definition) is 6. The molecule has 0 spiro atoms. The molecule has 0 bridgehead atoms. The van der Waals surface area contributed by atoms with Crippen LogP contribution >= 0.6 is 11.6 Å². The Morgan fingerprint density at radius 3 is 2.42 bits per heavy atom. The lowest BCUT2D eigenvalue weighted by molar-refractivity contribution is -0.139. The summed E-state index contributed by atoms with van der Waals surface area (Å²) in [5.41, 5.74) is -0.363. The fraction of sp³-hybridized carbons (Fsp3) is 0.176. The van der Waals surface area contributed by atoms with Gasteiger partial charge in [0.1, 0.15) is 5.70 Å². The minimum atomic E-state index is -3.15. The van der Waals surface area contributed by atoms with Crippen LogP contribution in [0.15, 0.2) is 53.9 Å². The first-order valence-electron chi connectivity index (χ1n) is 7.19. The monoisotopic (exact) mass is 385 g/mol. The Morgan fingerprint density at radius 1 is 1.12 bits per heavy atom. The summed E-state index contributed by atoms with van der Waals surface area (Å²) >= 11 is 5.97. The second kappa shape index (κ2) is 8.48. The molecule has 0 unspecified atom stereocenters. The van der Waals surface area contributed by atoms with Crippen molar-refractivity contribution < 1.29 is 32.6 Å². The topological polar surface area (TPSA) is 65.1 Å². The standard InChI is InChI=1S/C17H14ClF2NO5/c1-24-15(22)10-6-3-4-9-21(13(10)16(23)25-2)12-8-5-7-11(18)14(12)26-17(19)20/h3-9,17H,1-2H3. The van der Waals surface area contributed by atoms with Crippen molar-refractivity contribution in [2.45, 2.75) is 6.61 Å². The molecule has 0 saturated carbocycles. The highest BCUT2D eigenvalue weighted by Gasteiger charge is 2.30. The van der Waals surface area contributed by atoms with Crippen LogP contribution < -0.4 is 9.64 Å². The van der Waals surface area contributed by atoms with E-state index in [9.17, 15) is 18.4 Å². The van der Waals surface area contributed by atoms with Gasteiger partial charge in [0.2, 0.25) is 0 Å². The van der Waals surface area contributed by atoms with E-state index in [2.05, 4.69) is 9.47 Å². The molecular formula is C17H14ClF2NO5. The Balaban J connectivity index is 2.72.